The van der Waals surface area contributed by atoms with Gasteiger partial charge in [0.2, 0.25) is 5.91 Å². The van der Waals surface area contributed by atoms with Crippen LogP contribution >= 0.6 is 27.3 Å². The largest absolute Gasteiger partial charge is 0.479 e. The first-order valence-electron chi connectivity index (χ1n) is 8.60. The quantitative estimate of drug-likeness (QED) is 0.605. The fraction of sp³-hybridized carbons (Fsp3) is 0.150. The number of carbonyl (C=O) groups excluding carboxylic acids is 2. The van der Waals surface area contributed by atoms with E-state index in [1.165, 1.54) is 11.3 Å². The standard InChI is InChI=1S/C20H16BrN3O3S/c1-11-19(26)24-16-8-14(5-6-17(16)27-11)22-18(25)9-15-10-28-20(23-15)12-3-2-4-13(21)7-12/h2-8,10-11H,9H2,1H3,(H,22,25)(H,24,26)/t11-/m1/s1. The van der Waals surface area contributed by atoms with Gasteiger partial charge in [-0.25, -0.2) is 4.98 Å². The van der Waals surface area contributed by atoms with Crippen molar-refractivity contribution >= 4 is 50.5 Å². The Hall–Kier alpha value is -2.71. The Balaban J connectivity index is 1.43. The number of rotatable bonds is 4. The normalized spacial score (nSPS) is 15.4. The van der Waals surface area contributed by atoms with E-state index >= 15 is 0 Å². The summed E-state index contributed by atoms with van der Waals surface area (Å²) in [6.07, 6.45) is -0.362. The third-order valence-corrected chi connectivity index (χ3v) is 5.59. The first kappa shape index (κ1) is 18.6. The van der Waals surface area contributed by atoms with Crippen LogP contribution in [0.4, 0.5) is 11.4 Å². The Morgan fingerprint density at radius 2 is 2.18 bits per heavy atom. The molecule has 0 spiro atoms. The molecule has 0 aliphatic carbocycles. The minimum absolute atomic E-state index is 0.168. The van der Waals surface area contributed by atoms with Crippen LogP contribution < -0.4 is 15.4 Å². The van der Waals surface area contributed by atoms with Crippen LogP contribution in [0, 0.1) is 0 Å². The summed E-state index contributed by atoms with van der Waals surface area (Å²) in [5, 5.41) is 8.36. The van der Waals surface area contributed by atoms with E-state index in [0.29, 0.717) is 22.8 Å². The summed E-state index contributed by atoms with van der Waals surface area (Å²) in [4.78, 5) is 28.7. The molecule has 1 atom stereocenters. The van der Waals surface area contributed by atoms with E-state index in [-0.39, 0.29) is 18.2 Å². The van der Waals surface area contributed by atoms with Crippen LogP contribution in [0.3, 0.4) is 0 Å². The molecule has 2 amide bonds. The highest BCUT2D eigenvalue weighted by Crippen LogP contribution is 2.32. The van der Waals surface area contributed by atoms with Gasteiger partial charge in [0.25, 0.3) is 5.91 Å². The number of amides is 2. The topological polar surface area (TPSA) is 80.3 Å². The summed E-state index contributed by atoms with van der Waals surface area (Å²) in [6, 6.07) is 13.0. The number of carbonyl (C=O) groups is 2. The van der Waals surface area contributed by atoms with Crippen molar-refractivity contribution in [3.05, 3.63) is 58.0 Å². The van der Waals surface area contributed by atoms with E-state index in [9.17, 15) is 9.59 Å². The summed E-state index contributed by atoms with van der Waals surface area (Å²) in [6.45, 7) is 1.68. The van der Waals surface area contributed by atoms with Gasteiger partial charge in [-0.05, 0) is 37.3 Å². The van der Waals surface area contributed by atoms with Crippen LogP contribution in [0.15, 0.2) is 52.3 Å². The number of benzene rings is 2. The van der Waals surface area contributed by atoms with Gasteiger partial charge < -0.3 is 15.4 Å². The summed E-state index contributed by atoms with van der Waals surface area (Å²) in [5.74, 6) is 0.198. The van der Waals surface area contributed by atoms with Gasteiger partial charge in [-0.1, -0.05) is 28.1 Å². The van der Waals surface area contributed by atoms with Gasteiger partial charge >= 0.3 is 0 Å². The van der Waals surface area contributed by atoms with E-state index in [2.05, 4.69) is 31.5 Å². The summed E-state index contributed by atoms with van der Waals surface area (Å²) < 4.78 is 6.50. The molecule has 2 N–H and O–H groups in total. The van der Waals surface area contributed by atoms with Gasteiger partial charge in [0.05, 0.1) is 17.8 Å². The number of nitrogens with zero attached hydrogens (tertiary/aromatic N) is 1. The second kappa shape index (κ2) is 7.73. The number of aromatic nitrogens is 1. The van der Waals surface area contributed by atoms with Gasteiger partial charge in [0.15, 0.2) is 6.10 Å². The average molecular weight is 458 g/mol. The van der Waals surface area contributed by atoms with E-state index in [4.69, 9.17) is 4.74 Å². The molecule has 4 rings (SSSR count). The van der Waals surface area contributed by atoms with Crippen molar-refractivity contribution in [3.63, 3.8) is 0 Å². The van der Waals surface area contributed by atoms with Crippen LogP contribution in [0.2, 0.25) is 0 Å². The number of nitrogens with one attached hydrogen (secondary N) is 2. The molecular weight excluding hydrogens is 442 g/mol. The lowest BCUT2D eigenvalue weighted by Crippen LogP contribution is -2.34. The van der Waals surface area contributed by atoms with Crippen molar-refractivity contribution in [3.8, 4) is 16.3 Å². The third-order valence-electron chi connectivity index (χ3n) is 4.16. The number of thiazole rings is 1. The molecule has 0 saturated heterocycles. The minimum Gasteiger partial charge on any atom is -0.479 e. The van der Waals surface area contributed by atoms with Crippen LogP contribution in [-0.4, -0.2) is 22.9 Å². The van der Waals surface area contributed by atoms with Crippen molar-refractivity contribution in [1.29, 1.82) is 0 Å². The second-order valence-corrected chi connectivity index (χ2v) is 8.11. The molecule has 1 aromatic heterocycles. The zero-order valence-electron chi connectivity index (χ0n) is 14.9. The molecule has 3 aromatic rings. The highest BCUT2D eigenvalue weighted by molar-refractivity contribution is 9.10. The molecule has 1 aliphatic rings. The second-order valence-electron chi connectivity index (χ2n) is 6.34. The molecule has 2 aromatic carbocycles. The smallest absolute Gasteiger partial charge is 0.265 e. The third kappa shape index (κ3) is 4.07. The zero-order chi connectivity index (χ0) is 19.7. The molecule has 0 bridgehead atoms. The summed E-state index contributed by atoms with van der Waals surface area (Å²) in [5.41, 5.74) is 2.85. The van der Waals surface area contributed by atoms with Crippen LogP contribution in [0.5, 0.6) is 5.75 Å². The fourth-order valence-electron chi connectivity index (χ4n) is 2.80. The fourth-order valence-corrected chi connectivity index (χ4v) is 4.01. The Morgan fingerprint density at radius 1 is 1.32 bits per heavy atom. The summed E-state index contributed by atoms with van der Waals surface area (Å²) >= 11 is 4.96. The number of fused-ring (bicyclic) bond motifs is 1. The van der Waals surface area contributed by atoms with Gasteiger partial charge in [0.1, 0.15) is 10.8 Å². The Labute approximate surface area is 174 Å². The lowest BCUT2D eigenvalue weighted by Gasteiger charge is -2.23. The van der Waals surface area contributed by atoms with Gasteiger partial charge in [-0.15, -0.1) is 11.3 Å². The maximum atomic E-state index is 12.4. The monoisotopic (exact) mass is 457 g/mol. The van der Waals surface area contributed by atoms with Crippen molar-refractivity contribution < 1.29 is 14.3 Å². The van der Waals surface area contributed by atoms with Crippen molar-refractivity contribution in [2.75, 3.05) is 10.6 Å². The predicted octanol–water partition coefficient (Wildman–Crippen LogP) is 4.47. The number of ether oxygens (including phenoxy) is 1. The number of hydrogen-bond acceptors (Lipinski definition) is 5. The molecule has 2 heterocycles. The van der Waals surface area contributed by atoms with Gasteiger partial charge in [-0.2, -0.15) is 0 Å². The van der Waals surface area contributed by atoms with E-state index < -0.39 is 6.10 Å². The lowest BCUT2D eigenvalue weighted by molar-refractivity contribution is -0.122. The molecule has 0 unspecified atom stereocenters. The predicted molar refractivity (Wildman–Crippen MR) is 113 cm³/mol. The molecular formula is C20H16BrN3O3S. The highest BCUT2D eigenvalue weighted by Gasteiger charge is 2.23. The number of halogens is 1. The Kier molecular flexibility index (Phi) is 5.15. The molecule has 0 saturated carbocycles. The van der Waals surface area contributed by atoms with E-state index in [1.807, 2.05) is 29.6 Å². The molecule has 28 heavy (non-hydrogen) atoms. The van der Waals surface area contributed by atoms with E-state index in [1.54, 1.807) is 25.1 Å². The summed E-state index contributed by atoms with van der Waals surface area (Å²) in [7, 11) is 0. The maximum Gasteiger partial charge on any atom is 0.265 e. The Morgan fingerprint density at radius 3 is 3.00 bits per heavy atom. The molecule has 6 nitrogen and oxygen atoms in total. The molecule has 0 radical (unpaired) electrons. The minimum atomic E-state index is -0.531. The highest BCUT2D eigenvalue weighted by atomic mass is 79.9. The number of hydrogen-bond donors (Lipinski definition) is 2. The zero-order valence-corrected chi connectivity index (χ0v) is 17.3. The number of anilines is 2. The SMILES string of the molecule is C[C@H]1Oc2ccc(NC(=O)Cc3csc(-c4cccc(Br)c4)n3)cc2NC1=O. The average Bonchev–Trinajstić information content (AvgIpc) is 3.11. The Bertz CT molecular complexity index is 1070. The van der Waals surface area contributed by atoms with E-state index in [0.717, 1.165) is 15.0 Å². The van der Waals surface area contributed by atoms with Crippen molar-refractivity contribution in [2.45, 2.75) is 19.4 Å². The van der Waals surface area contributed by atoms with Crippen LogP contribution in [-0.2, 0) is 16.0 Å². The molecule has 1 aliphatic heterocycles. The molecule has 8 heteroatoms. The first-order chi connectivity index (χ1) is 13.5. The van der Waals surface area contributed by atoms with Crippen LogP contribution in [0.1, 0.15) is 12.6 Å². The van der Waals surface area contributed by atoms with Crippen LogP contribution in [0.25, 0.3) is 10.6 Å². The van der Waals surface area contributed by atoms with Gasteiger partial charge in [0, 0.05) is 21.1 Å². The first-order valence-corrected chi connectivity index (χ1v) is 10.3. The molecule has 142 valence electrons. The molecule has 0 fully saturated rings. The maximum absolute atomic E-state index is 12.4. The van der Waals surface area contributed by atoms with Crippen molar-refractivity contribution in [1.82, 2.24) is 4.98 Å². The van der Waals surface area contributed by atoms with Gasteiger partial charge in [-0.3, -0.25) is 9.59 Å². The lowest BCUT2D eigenvalue weighted by atomic mass is 10.2. The van der Waals surface area contributed by atoms with Crippen molar-refractivity contribution in [2.24, 2.45) is 0 Å².